The summed E-state index contributed by atoms with van der Waals surface area (Å²) in [6.45, 7) is 6.07. The van der Waals surface area contributed by atoms with Crippen molar-refractivity contribution in [3.8, 4) is 0 Å². The molecule has 2 aliphatic rings. The van der Waals surface area contributed by atoms with Crippen LogP contribution >= 0.6 is 0 Å². The van der Waals surface area contributed by atoms with Gasteiger partial charge in [0.2, 0.25) is 5.91 Å². The molecule has 34 heavy (non-hydrogen) atoms. The van der Waals surface area contributed by atoms with Crippen LogP contribution in [0, 0.1) is 6.92 Å². The van der Waals surface area contributed by atoms with Crippen LogP contribution in [0.3, 0.4) is 0 Å². The molecular weight excluding hydrogens is 430 g/mol. The highest BCUT2D eigenvalue weighted by atomic mass is 16.5. The molecule has 184 valence electrons. The molecule has 0 spiro atoms. The maximum atomic E-state index is 13.3. The first kappa shape index (κ1) is 24.5. The monoisotopic (exact) mass is 467 g/mol. The van der Waals surface area contributed by atoms with E-state index in [4.69, 9.17) is 4.42 Å². The molecule has 1 aliphatic carbocycles. The highest BCUT2D eigenvalue weighted by Gasteiger charge is 2.40. The summed E-state index contributed by atoms with van der Waals surface area (Å²) in [5, 5.41) is 11.6. The summed E-state index contributed by atoms with van der Waals surface area (Å²) in [5.74, 6) is -0.0221. The lowest BCUT2D eigenvalue weighted by atomic mass is 9.78. The molecule has 2 fully saturated rings. The van der Waals surface area contributed by atoms with Crippen LogP contribution in [0.15, 0.2) is 47.1 Å². The van der Waals surface area contributed by atoms with Crippen LogP contribution in [-0.2, 0) is 4.79 Å². The van der Waals surface area contributed by atoms with Crippen LogP contribution in [0.5, 0.6) is 0 Å². The van der Waals surface area contributed by atoms with Crippen LogP contribution in [-0.4, -0.2) is 58.2 Å². The number of piperidine rings is 1. The second-order valence-corrected chi connectivity index (χ2v) is 9.93. The third kappa shape index (κ3) is 5.36. The van der Waals surface area contributed by atoms with Gasteiger partial charge in [0.15, 0.2) is 5.76 Å². The molecule has 1 aromatic heterocycles. The largest absolute Gasteiger partial charge is 0.459 e. The highest BCUT2D eigenvalue weighted by molar-refractivity contribution is 6.04. The van der Waals surface area contributed by atoms with Gasteiger partial charge in [0.1, 0.15) is 0 Å². The SMILES string of the molecule is CC(=O)N(O)C1(CCN2CCC(N(C(=O)c3ccco3)c3ccc(C)cc3)CC2)CCCCC1. The Morgan fingerprint density at radius 1 is 1.09 bits per heavy atom. The van der Waals surface area contributed by atoms with E-state index in [0.29, 0.717) is 5.76 Å². The third-order valence-corrected chi connectivity index (χ3v) is 7.61. The normalized spacial score (nSPS) is 19.0. The zero-order valence-corrected chi connectivity index (χ0v) is 20.4. The number of nitrogens with zero attached hydrogens (tertiary/aromatic N) is 3. The number of hydrogen-bond donors (Lipinski definition) is 1. The molecular formula is C27H37N3O4. The van der Waals surface area contributed by atoms with Gasteiger partial charge in [0.25, 0.3) is 5.91 Å². The first-order valence-electron chi connectivity index (χ1n) is 12.6. The molecule has 1 N–H and O–H groups in total. The number of aryl methyl sites for hydroxylation is 1. The molecule has 1 saturated carbocycles. The summed E-state index contributed by atoms with van der Waals surface area (Å²) in [7, 11) is 0. The number of hydrogen-bond acceptors (Lipinski definition) is 5. The van der Waals surface area contributed by atoms with E-state index in [1.54, 1.807) is 12.1 Å². The summed E-state index contributed by atoms with van der Waals surface area (Å²) in [4.78, 5) is 29.6. The second kappa shape index (κ2) is 10.7. The van der Waals surface area contributed by atoms with Crippen LogP contribution in [0.2, 0.25) is 0 Å². The van der Waals surface area contributed by atoms with E-state index in [0.717, 1.165) is 87.3 Å². The standard InChI is InChI=1S/C27H37N3O4/c1-21-8-10-23(11-9-21)29(26(32)25-7-6-20-34-25)24-12-17-28(18-13-24)19-16-27(30(33)22(2)31)14-4-3-5-15-27/h6-11,20,24,33H,3-5,12-19H2,1-2H3. The zero-order chi connectivity index (χ0) is 24.1. The molecule has 0 radical (unpaired) electrons. The van der Waals surface area contributed by atoms with Gasteiger partial charge < -0.3 is 14.2 Å². The Hall–Kier alpha value is -2.64. The molecule has 4 rings (SSSR count). The van der Waals surface area contributed by atoms with E-state index >= 15 is 0 Å². The predicted molar refractivity (Wildman–Crippen MR) is 131 cm³/mol. The highest BCUT2D eigenvalue weighted by Crippen LogP contribution is 2.36. The first-order chi connectivity index (χ1) is 16.4. The molecule has 0 atom stereocenters. The summed E-state index contributed by atoms with van der Waals surface area (Å²) < 4.78 is 5.43. The van der Waals surface area contributed by atoms with Gasteiger partial charge in [-0.15, -0.1) is 0 Å². The van der Waals surface area contributed by atoms with Crippen molar-refractivity contribution in [2.75, 3.05) is 24.5 Å². The van der Waals surface area contributed by atoms with Crippen LogP contribution in [0.25, 0.3) is 0 Å². The topological polar surface area (TPSA) is 77.2 Å². The Morgan fingerprint density at radius 2 is 1.76 bits per heavy atom. The fraction of sp³-hybridized carbons (Fsp3) is 0.556. The second-order valence-electron chi connectivity index (χ2n) is 9.93. The molecule has 0 unspecified atom stereocenters. The Kier molecular flexibility index (Phi) is 7.73. The molecule has 1 saturated heterocycles. The Balaban J connectivity index is 1.42. The summed E-state index contributed by atoms with van der Waals surface area (Å²) in [5.41, 5.74) is 1.61. The fourth-order valence-electron chi connectivity index (χ4n) is 5.60. The van der Waals surface area contributed by atoms with E-state index in [1.165, 1.54) is 13.2 Å². The maximum Gasteiger partial charge on any atom is 0.294 e. The molecule has 1 aliphatic heterocycles. The predicted octanol–water partition coefficient (Wildman–Crippen LogP) is 5.03. The van der Waals surface area contributed by atoms with Crippen LogP contribution in [0.4, 0.5) is 5.69 Å². The fourth-order valence-corrected chi connectivity index (χ4v) is 5.60. The first-order valence-corrected chi connectivity index (χ1v) is 12.6. The maximum absolute atomic E-state index is 13.3. The Labute approximate surface area is 202 Å². The van der Waals surface area contributed by atoms with Crippen molar-refractivity contribution in [2.24, 2.45) is 0 Å². The van der Waals surface area contributed by atoms with Crippen molar-refractivity contribution in [1.29, 1.82) is 0 Å². The average Bonchev–Trinajstić information content (AvgIpc) is 3.40. The number of likely N-dealkylation sites (tertiary alicyclic amines) is 1. The Morgan fingerprint density at radius 3 is 2.35 bits per heavy atom. The molecule has 7 nitrogen and oxygen atoms in total. The smallest absolute Gasteiger partial charge is 0.294 e. The number of rotatable bonds is 7. The van der Waals surface area contributed by atoms with E-state index < -0.39 is 5.54 Å². The van der Waals surface area contributed by atoms with Crippen molar-refractivity contribution in [3.63, 3.8) is 0 Å². The quantitative estimate of drug-likeness (QED) is 0.456. The van der Waals surface area contributed by atoms with Gasteiger partial charge in [0.05, 0.1) is 11.8 Å². The van der Waals surface area contributed by atoms with Crippen LogP contribution in [0.1, 0.15) is 74.4 Å². The number of benzene rings is 1. The van der Waals surface area contributed by atoms with Crippen molar-refractivity contribution < 1.29 is 19.2 Å². The van der Waals surface area contributed by atoms with Crippen molar-refractivity contribution >= 4 is 17.5 Å². The lowest BCUT2D eigenvalue weighted by Gasteiger charge is -2.44. The molecule has 1 aromatic carbocycles. The van der Waals surface area contributed by atoms with Gasteiger partial charge >= 0.3 is 0 Å². The van der Waals surface area contributed by atoms with E-state index in [2.05, 4.69) is 4.90 Å². The summed E-state index contributed by atoms with van der Waals surface area (Å²) >= 11 is 0. The Bertz CT molecular complexity index is 943. The summed E-state index contributed by atoms with van der Waals surface area (Å²) in [6, 6.07) is 11.6. The number of amides is 2. The number of anilines is 1. The van der Waals surface area contributed by atoms with E-state index in [9.17, 15) is 14.8 Å². The molecule has 2 amide bonds. The third-order valence-electron chi connectivity index (χ3n) is 7.61. The number of carbonyl (C=O) groups is 2. The number of furan rings is 1. The van der Waals surface area contributed by atoms with E-state index in [1.807, 2.05) is 36.1 Å². The van der Waals surface area contributed by atoms with E-state index in [-0.39, 0.29) is 17.9 Å². The minimum absolute atomic E-state index is 0.0896. The van der Waals surface area contributed by atoms with Crippen LogP contribution < -0.4 is 4.90 Å². The molecule has 0 bridgehead atoms. The van der Waals surface area contributed by atoms with Crippen molar-refractivity contribution in [1.82, 2.24) is 9.96 Å². The van der Waals surface area contributed by atoms with Gasteiger partial charge in [-0.3, -0.25) is 14.8 Å². The lowest BCUT2D eigenvalue weighted by Crippen LogP contribution is -2.53. The van der Waals surface area contributed by atoms with Gasteiger partial charge in [-0.1, -0.05) is 37.0 Å². The minimum Gasteiger partial charge on any atom is -0.459 e. The average molecular weight is 468 g/mol. The van der Waals surface area contributed by atoms with Gasteiger partial charge in [-0.2, -0.15) is 0 Å². The van der Waals surface area contributed by atoms with Gasteiger partial charge in [-0.05, 0) is 63.3 Å². The van der Waals surface area contributed by atoms with Crippen molar-refractivity contribution in [3.05, 3.63) is 54.0 Å². The summed E-state index contributed by atoms with van der Waals surface area (Å²) in [6.07, 6.45) is 9.02. The molecule has 2 heterocycles. The molecule has 2 aromatic rings. The molecule has 7 heteroatoms. The number of carbonyl (C=O) groups excluding carboxylic acids is 2. The lowest BCUT2D eigenvalue weighted by molar-refractivity contribution is -0.200. The zero-order valence-electron chi connectivity index (χ0n) is 20.4. The van der Waals surface area contributed by atoms with Gasteiger partial charge in [-0.25, -0.2) is 5.06 Å². The van der Waals surface area contributed by atoms with Gasteiger partial charge in [0, 0.05) is 38.3 Å². The number of hydroxylamine groups is 2. The van der Waals surface area contributed by atoms with Crippen molar-refractivity contribution in [2.45, 2.75) is 76.8 Å². The minimum atomic E-state index is -0.440.